The molecule has 0 aromatic rings. The van der Waals surface area contributed by atoms with Gasteiger partial charge in [-0.1, -0.05) is 52.0 Å². The van der Waals surface area contributed by atoms with Gasteiger partial charge < -0.3 is 20.4 Å². The molecule has 7 atom stereocenters. The molecule has 2 aliphatic carbocycles. The van der Waals surface area contributed by atoms with Gasteiger partial charge in [-0.05, 0) is 43.4 Å². The van der Waals surface area contributed by atoms with Gasteiger partial charge in [0.15, 0.2) is 0 Å². The summed E-state index contributed by atoms with van der Waals surface area (Å²) in [7, 11) is 0. The first kappa shape index (κ1) is 19.6. The van der Waals surface area contributed by atoms with Gasteiger partial charge in [-0.3, -0.25) is 0 Å². The Morgan fingerprint density at radius 1 is 1.12 bits per heavy atom. The highest BCUT2D eigenvalue weighted by molar-refractivity contribution is 5.21. The zero-order chi connectivity index (χ0) is 18.6. The molecule has 4 N–H and O–H groups in total. The second-order valence-corrected chi connectivity index (χ2v) is 9.25. The van der Waals surface area contributed by atoms with Crippen molar-refractivity contribution in [1.82, 2.24) is 0 Å². The van der Waals surface area contributed by atoms with Crippen LogP contribution in [-0.2, 0) is 0 Å². The molecule has 0 aromatic carbocycles. The maximum atomic E-state index is 11.0. The number of hydrogen-bond acceptors (Lipinski definition) is 4. The van der Waals surface area contributed by atoms with E-state index in [1.54, 1.807) is 19.9 Å². The number of aliphatic hydroxyl groups excluding tert-OH is 2. The van der Waals surface area contributed by atoms with Crippen molar-refractivity contribution in [3.8, 4) is 0 Å². The van der Waals surface area contributed by atoms with Crippen LogP contribution in [0, 0.1) is 22.7 Å². The topological polar surface area (TPSA) is 80.9 Å². The lowest BCUT2D eigenvalue weighted by Crippen LogP contribution is -2.69. The smallest absolute Gasteiger partial charge is 0.109 e. The molecule has 0 aromatic heterocycles. The SMILES string of the molecule is C=CC(C)(O)C=CC1C(C)(O)C(O)C(O)C2C(C)(C)CCCC21C. The Kier molecular flexibility index (Phi) is 4.86. The quantitative estimate of drug-likeness (QED) is 0.596. The van der Waals surface area contributed by atoms with Crippen molar-refractivity contribution in [3.05, 3.63) is 24.8 Å². The second-order valence-electron chi connectivity index (χ2n) is 9.25. The summed E-state index contributed by atoms with van der Waals surface area (Å²) in [4.78, 5) is 0. The third-order valence-electron chi connectivity index (χ3n) is 6.73. The predicted molar refractivity (Wildman–Crippen MR) is 95.3 cm³/mol. The molecule has 4 nitrogen and oxygen atoms in total. The van der Waals surface area contributed by atoms with Gasteiger partial charge in [-0.25, -0.2) is 0 Å². The summed E-state index contributed by atoms with van der Waals surface area (Å²) in [6, 6.07) is 0. The first-order chi connectivity index (χ1) is 10.8. The molecule has 0 saturated heterocycles. The summed E-state index contributed by atoms with van der Waals surface area (Å²) in [6.07, 6.45) is 5.56. The number of aliphatic hydroxyl groups is 4. The fourth-order valence-corrected chi connectivity index (χ4v) is 5.48. The van der Waals surface area contributed by atoms with Crippen molar-refractivity contribution in [1.29, 1.82) is 0 Å². The van der Waals surface area contributed by atoms with E-state index in [4.69, 9.17) is 0 Å². The van der Waals surface area contributed by atoms with Gasteiger partial charge in [0.25, 0.3) is 0 Å². The van der Waals surface area contributed by atoms with Gasteiger partial charge in [0, 0.05) is 5.92 Å². The van der Waals surface area contributed by atoms with Gasteiger partial charge in [0.2, 0.25) is 0 Å². The highest BCUT2D eigenvalue weighted by Crippen LogP contribution is 2.62. The zero-order valence-corrected chi connectivity index (χ0v) is 15.7. The maximum Gasteiger partial charge on any atom is 0.109 e. The molecule has 2 aliphatic rings. The van der Waals surface area contributed by atoms with E-state index < -0.39 is 23.4 Å². The van der Waals surface area contributed by atoms with Crippen molar-refractivity contribution in [2.24, 2.45) is 22.7 Å². The highest BCUT2D eigenvalue weighted by Gasteiger charge is 2.64. The largest absolute Gasteiger partial charge is 0.390 e. The summed E-state index contributed by atoms with van der Waals surface area (Å²) in [5.74, 6) is -0.503. The second kappa shape index (κ2) is 5.94. The Labute approximate surface area is 145 Å². The van der Waals surface area contributed by atoms with E-state index in [0.29, 0.717) is 0 Å². The van der Waals surface area contributed by atoms with Crippen molar-refractivity contribution in [3.63, 3.8) is 0 Å². The monoisotopic (exact) mass is 338 g/mol. The van der Waals surface area contributed by atoms with E-state index in [0.717, 1.165) is 19.3 Å². The first-order valence-electron chi connectivity index (χ1n) is 8.93. The molecular weight excluding hydrogens is 304 g/mol. The van der Waals surface area contributed by atoms with Crippen LogP contribution in [0.3, 0.4) is 0 Å². The summed E-state index contributed by atoms with van der Waals surface area (Å²) >= 11 is 0. The standard InChI is InChI=1S/C20H34O4/c1-7-18(4,23)12-9-13-19(5)11-8-10-17(2,3)15(19)14(21)16(22)20(13,6)24/h7,9,12-16,21-24H,1,8,10-11H2,2-6H3. The summed E-state index contributed by atoms with van der Waals surface area (Å²) < 4.78 is 0. The Balaban J connectivity index is 2.55. The van der Waals surface area contributed by atoms with Crippen LogP contribution in [0.4, 0.5) is 0 Å². The maximum absolute atomic E-state index is 11.0. The van der Waals surface area contributed by atoms with Crippen LogP contribution in [0.25, 0.3) is 0 Å². The van der Waals surface area contributed by atoms with E-state index in [1.165, 1.54) is 6.08 Å². The molecule has 0 heterocycles. The van der Waals surface area contributed by atoms with Crippen LogP contribution >= 0.6 is 0 Å². The minimum Gasteiger partial charge on any atom is -0.390 e. The number of rotatable bonds is 3. The van der Waals surface area contributed by atoms with Gasteiger partial charge in [0.05, 0.1) is 17.3 Å². The summed E-state index contributed by atoms with van der Waals surface area (Å²) in [6.45, 7) is 13.2. The van der Waals surface area contributed by atoms with Crippen molar-refractivity contribution >= 4 is 0 Å². The molecule has 0 amide bonds. The van der Waals surface area contributed by atoms with Crippen LogP contribution in [-0.4, -0.2) is 43.8 Å². The molecule has 0 radical (unpaired) electrons. The van der Waals surface area contributed by atoms with E-state index in [1.807, 2.05) is 6.08 Å². The Hall–Kier alpha value is -0.680. The zero-order valence-electron chi connectivity index (χ0n) is 15.7. The average Bonchev–Trinajstić information content (AvgIpc) is 2.43. The van der Waals surface area contributed by atoms with Crippen LogP contribution in [0.5, 0.6) is 0 Å². The summed E-state index contributed by atoms with van der Waals surface area (Å²) in [5, 5.41) is 42.7. The highest BCUT2D eigenvalue weighted by atomic mass is 16.4. The van der Waals surface area contributed by atoms with Crippen LogP contribution in [0.15, 0.2) is 24.8 Å². The van der Waals surface area contributed by atoms with Gasteiger partial charge in [-0.15, -0.1) is 0 Å². The number of fused-ring (bicyclic) bond motifs is 1. The first-order valence-corrected chi connectivity index (χ1v) is 8.93. The Morgan fingerprint density at radius 2 is 1.71 bits per heavy atom. The van der Waals surface area contributed by atoms with Crippen LogP contribution < -0.4 is 0 Å². The van der Waals surface area contributed by atoms with Gasteiger partial charge >= 0.3 is 0 Å². The predicted octanol–water partition coefficient (Wildman–Crippen LogP) is 2.41. The Morgan fingerprint density at radius 3 is 2.25 bits per heavy atom. The van der Waals surface area contributed by atoms with E-state index in [2.05, 4.69) is 27.4 Å². The van der Waals surface area contributed by atoms with E-state index >= 15 is 0 Å². The summed E-state index contributed by atoms with van der Waals surface area (Å²) in [5.41, 5.74) is -3.13. The van der Waals surface area contributed by atoms with Crippen LogP contribution in [0.1, 0.15) is 53.9 Å². The molecule has 4 heteroatoms. The average molecular weight is 338 g/mol. The normalized spacial score (nSPS) is 47.9. The lowest BCUT2D eigenvalue weighted by molar-refractivity contribution is -0.255. The van der Waals surface area contributed by atoms with Crippen molar-refractivity contribution < 1.29 is 20.4 Å². The molecule has 2 fully saturated rings. The van der Waals surface area contributed by atoms with E-state index in [9.17, 15) is 20.4 Å². The molecule has 7 unspecified atom stereocenters. The molecule has 0 spiro atoms. The van der Waals surface area contributed by atoms with Gasteiger partial charge in [0.1, 0.15) is 6.10 Å². The lowest BCUT2D eigenvalue weighted by Gasteiger charge is -2.63. The minimum absolute atomic E-state index is 0.127. The van der Waals surface area contributed by atoms with Crippen LogP contribution in [0.2, 0.25) is 0 Å². The van der Waals surface area contributed by atoms with E-state index in [-0.39, 0.29) is 22.7 Å². The number of hydrogen-bond donors (Lipinski definition) is 4. The van der Waals surface area contributed by atoms with Crippen molar-refractivity contribution in [2.45, 2.75) is 77.3 Å². The fraction of sp³-hybridized carbons (Fsp3) is 0.800. The third kappa shape index (κ3) is 2.98. The molecule has 138 valence electrons. The Bertz CT molecular complexity index is 520. The molecular formula is C20H34O4. The third-order valence-corrected chi connectivity index (χ3v) is 6.73. The molecule has 0 aliphatic heterocycles. The molecule has 0 bridgehead atoms. The molecule has 2 saturated carbocycles. The van der Waals surface area contributed by atoms with Crippen molar-refractivity contribution in [2.75, 3.05) is 0 Å². The van der Waals surface area contributed by atoms with Gasteiger partial charge in [-0.2, -0.15) is 0 Å². The lowest BCUT2D eigenvalue weighted by atomic mass is 9.44. The fourth-order valence-electron chi connectivity index (χ4n) is 5.48. The minimum atomic E-state index is -1.47. The molecule has 24 heavy (non-hydrogen) atoms. The molecule has 2 rings (SSSR count).